The Bertz CT molecular complexity index is 797. The van der Waals surface area contributed by atoms with Crippen LogP contribution in [0.4, 0.5) is 0 Å². The number of rotatable bonds is 5. The maximum Gasteiger partial charge on any atom is 0.303 e. The normalized spacial score (nSPS) is 12.0. The second-order valence-electron chi connectivity index (χ2n) is 6.06. The second-order valence-corrected chi connectivity index (χ2v) is 6.06. The molecule has 0 spiro atoms. The summed E-state index contributed by atoms with van der Waals surface area (Å²) >= 11 is 0. The summed E-state index contributed by atoms with van der Waals surface area (Å²) in [7, 11) is 0. The minimum absolute atomic E-state index is 0.403. The number of carbonyl (C=O) groups is 1. The van der Waals surface area contributed by atoms with E-state index in [0.717, 1.165) is 16.7 Å². The molecular formula is C24H20O2. The SMILES string of the molecule is C#CC(OC(C)=O)C(c1ccccc1)(c1ccccc1)c1ccccc1. The summed E-state index contributed by atoms with van der Waals surface area (Å²) in [6, 6.07) is 29.8. The van der Waals surface area contributed by atoms with Crippen molar-refractivity contribution in [2.24, 2.45) is 0 Å². The van der Waals surface area contributed by atoms with Crippen molar-refractivity contribution in [1.82, 2.24) is 0 Å². The predicted molar refractivity (Wildman–Crippen MR) is 104 cm³/mol. The molecule has 0 fully saturated rings. The highest BCUT2D eigenvalue weighted by Crippen LogP contribution is 2.43. The number of benzene rings is 3. The van der Waals surface area contributed by atoms with Crippen LogP contribution in [0.25, 0.3) is 0 Å². The lowest BCUT2D eigenvalue weighted by atomic mass is 9.66. The summed E-state index contributed by atoms with van der Waals surface area (Å²) in [6.07, 6.45) is 5.11. The maximum absolute atomic E-state index is 11.8. The van der Waals surface area contributed by atoms with Gasteiger partial charge in [-0.2, -0.15) is 0 Å². The summed E-state index contributed by atoms with van der Waals surface area (Å²) in [5, 5.41) is 0. The van der Waals surface area contributed by atoms with Crippen LogP contribution < -0.4 is 0 Å². The molecule has 0 bridgehead atoms. The molecule has 0 saturated carbocycles. The summed E-state index contributed by atoms with van der Waals surface area (Å²) < 4.78 is 5.65. The van der Waals surface area contributed by atoms with E-state index in [1.54, 1.807) is 0 Å². The van der Waals surface area contributed by atoms with Crippen LogP contribution in [0.15, 0.2) is 91.0 Å². The molecule has 0 aromatic heterocycles. The number of terminal acetylenes is 1. The van der Waals surface area contributed by atoms with Gasteiger partial charge in [-0.3, -0.25) is 4.79 Å². The van der Waals surface area contributed by atoms with Crippen LogP contribution in [0.5, 0.6) is 0 Å². The molecule has 3 aromatic carbocycles. The summed E-state index contributed by atoms with van der Waals surface area (Å²) in [5.74, 6) is 2.32. The van der Waals surface area contributed by atoms with Crippen molar-refractivity contribution >= 4 is 5.97 Å². The average molecular weight is 340 g/mol. The van der Waals surface area contributed by atoms with Crippen molar-refractivity contribution in [2.45, 2.75) is 18.4 Å². The third-order valence-corrected chi connectivity index (χ3v) is 4.52. The molecule has 0 aliphatic heterocycles. The lowest BCUT2D eigenvalue weighted by molar-refractivity contribution is -0.145. The van der Waals surface area contributed by atoms with Crippen LogP contribution >= 0.6 is 0 Å². The molecular weight excluding hydrogens is 320 g/mol. The first-order valence-corrected chi connectivity index (χ1v) is 8.49. The van der Waals surface area contributed by atoms with Crippen molar-refractivity contribution in [3.05, 3.63) is 108 Å². The van der Waals surface area contributed by atoms with Crippen LogP contribution in [0.3, 0.4) is 0 Å². The second kappa shape index (κ2) is 7.72. The fourth-order valence-electron chi connectivity index (χ4n) is 3.47. The molecule has 1 unspecified atom stereocenters. The van der Waals surface area contributed by atoms with Crippen molar-refractivity contribution in [3.8, 4) is 12.3 Å². The monoisotopic (exact) mass is 340 g/mol. The first-order valence-electron chi connectivity index (χ1n) is 8.49. The van der Waals surface area contributed by atoms with E-state index in [-0.39, 0.29) is 0 Å². The molecule has 0 saturated heterocycles. The molecule has 2 heteroatoms. The topological polar surface area (TPSA) is 26.3 Å². The highest BCUT2D eigenvalue weighted by molar-refractivity contribution is 5.68. The zero-order valence-corrected chi connectivity index (χ0v) is 14.6. The maximum atomic E-state index is 11.8. The standard InChI is InChI=1S/C24H20O2/c1-3-23(26-19(2)25)24(20-13-7-4-8-14-20,21-15-9-5-10-16-21)22-17-11-6-12-18-22/h1,4-18,23H,2H3. The molecule has 2 nitrogen and oxygen atoms in total. The van der Waals surface area contributed by atoms with Gasteiger partial charge in [0.25, 0.3) is 0 Å². The van der Waals surface area contributed by atoms with Crippen LogP contribution in [0.1, 0.15) is 23.6 Å². The molecule has 1 atom stereocenters. The molecule has 0 aliphatic rings. The first kappa shape index (κ1) is 17.5. The first-order chi connectivity index (χ1) is 12.7. The Labute approximate surface area is 154 Å². The largest absolute Gasteiger partial charge is 0.448 e. The molecule has 0 N–H and O–H groups in total. The van der Waals surface area contributed by atoms with Gasteiger partial charge in [-0.25, -0.2) is 0 Å². The van der Waals surface area contributed by atoms with E-state index in [2.05, 4.69) is 5.92 Å². The van der Waals surface area contributed by atoms with Crippen molar-refractivity contribution in [2.75, 3.05) is 0 Å². The quantitative estimate of drug-likeness (QED) is 0.386. The minimum atomic E-state index is -0.801. The molecule has 3 aromatic rings. The highest BCUT2D eigenvalue weighted by Gasteiger charge is 2.45. The fraction of sp³-hybridized carbons (Fsp3) is 0.125. The van der Waals surface area contributed by atoms with Gasteiger partial charge in [0.1, 0.15) is 0 Å². The molecule has 128 valence electrons. The van der Waals surface area contributed by atoms with Crippen molar-refractivity contribution in [1.29, 1.82) is 0 Å². The van der Waals surface area contributed by atoms with Gasteiger partial charge >= 0.3 is 5.97 Å². The Morgan fingerprint density at radius 1 is 0.808 bits per heavy atom. The molecule has 0 heterocycles. The van der Waals surface area contributed by atoms with E-state index in [4.69, 9.17) is 11.2 Å². The third-order valence-electron chi connectivity index (χ3n) is 4.52. The summed E-state index contributed by atoms with van der Waals surface area (Å²) in [4.78, 5) is 11.8. The van der Waals surface area contributed by atoms with Gasteiger partial charge in [-0.05, 0) is 16.7 Å². The van der Waals surface area contributed by atoms with Gasteiger partial charge in [-0.1, -0.05) is 96.9 Å². The minimum Gasteiger partial charge on any atom is -0.448 e. The summed E-state index contributed by atoms with van der Waals surface area (Å²) in [5.41, 5.74) is 2.12. The Kier molecular flexibility index (Phi) is 5.20. The van der Waals surface area contributed by atoms with Gasteiger partial charge < -0.3 is 4.74 Å². The number of ether oxygens (including phenoxy) is 1. The van der Waals surface area contributed by atoms with E-state index in [1.807, 2.05) is 91.0 Å². The number of hydrogen-bond acceptors (Lipinski definition) is 2. The lowest BCUT2D eigenvalue weighted by Gasteiger charge is -2.39. The Morgan fingerprint density at radius 2 is 1.15 bits per heavy atom. The van der Waals surface area contributed by atoms with Crippen LogP contribution in [-0.4, -0.2) is 12.1 Å². The zero-order chi connectivity index (χ0) is 18.4. The van der Waals surface area contributed by atoms with E-state index < -0.39 is 17.5 Å². The van der Waals surface area contributed by atoms with Crippen molar-refractivity contribution < 1.29 is 9.53 Å². The number of esters is 1. The predicted octanol–water partition coefficient (Wildman–Crippen LogP) is 4.59. The third kappa shape index (κ3) is 3.12. The molecule has 0 aliphatic carbocycles. The Morgan fingerprint density at radius 3 is 1.42 bits per heavy atom. The van der Waals surface area contributed by atoms with Gasteiger partial charge in [0.05, 0.1) is 5.41 Å². The Balaban J connectivity index is 2.39. The molecule has 0 amide bonds. The molecule has 3 rings (SSSR count). The lowest BCUT2D eigenvalue weighted by Crippen LogP contribution is -2.43. The van der Waals surface area contributed by atoms with Crippen molar-refractivity contribution in [3.63, 3.8) is 0 Å². The van der Waals surface area contributed by atoms with Gasteiger partial charge in [0, 0.05) is 6.92 Å². The zero-order valence-electron chi connectivity index (χ0n) is 14.6. The van der Waals surface area contributed by atoms with Gasteiger partial charge in [0.15, 0.2) is 6.10 Å². The number of hydrogen-bond donors (Lipinski definition) is 0. The van der Waals surface area contributed by atoms with E-state index >= 15 is 0 Å². The smallest absolute Gasteiger partial charge is 0.303 e. The summed E-state index contributed by atoms with van der Waals surface area (Å²) in [6.45, 7) is 1.39. The van der Waals surface area contributed by atoms with E-state index in [0.29, 0.717) is 0 Å². The Hall–Kier alpha value is -3.31. The van der Waals surface area contributed by atoms with E-state index in [1.165, 1.54) is 6.92 Å². The molecule has 26 heavy (non-hydrogen) atoms. The van der Waals surface area contributed by atoms with Gasteiger partial charge in [-0.15, -0.1) is 6.42 Å². The average Bonchev–Trinajstić information content (AvgIpc) is 2.70. The molecule has 0 radical (unpaired) electrons. The van der Waals surface area contributed by atoms with Crippen LogP contribution in [0, 0.1) is 12.3 Å². The van der Waals surface area contributed by atoms with Crippen LogP contribution in [-0.2, 0) is 14.9 Å². The number of carbonyl (C=O) groups excluding carboxylic acids is 1. The fourth-order valence-corrected chi connectivity index (χ4v) is 3.47. The van der Waals surface area contributed by atoms with Crippen LogP contribution in [0.2, 0.25) is 0 Å². The van der Waals surface area contributed by atoms with E-state index in [9.17, 15) is 4.79 Å². The van der Waals surface area contributed by atoms with Gasteiger partial charge in [0.2, 0.25) is 0 Å². The highest BCUT2D eigenvalue weighted by atomic mass is 16.5.